The minimum Gasteiger partial charge on any atom is -0.508 e. The molecular formula is C17H16O5. The first-order chi connectivity index (χ1) is 10.6. The van der Waals surface area contributed by atoms with Gasteiger partial charge in [-0.05, 0) is 23.8 Å². The summed E-state index contributed by atoms with van der Waals surface area (Å²) in [6.45, 7) is -0.319. The SMILES string of the molecule is COc1ccc(C2=COC3C=C(O)C(CO)=CC3C2=O)cc1. The molecule has 2 unspecified atom stereocenters. The van der Waals surface area contributed by atoms with E-state index in [9.17, 15) is 15.0 Å². The quantitative estimate of drug-likeness (QED) is 0.893. The lowest BCUT2D eigenvalue weighted by Crippen LogP contribution is -2.34. The Morgan fingerprint density at radius 1 is 1.23 bits per heavy atom. The lowest BCUT2D eigenvalue weighted by Gasteiger charge is -2.30. The second-order valence-electron chi connectivity index (χ2n) is 5.15. The largest absolute Gasteiger partial charge is 0.508 e. The van der Waals surface area contributed by atoms with E-state index in [1.165, 1.54) is 12.3 Å². The first kappa shape index (κ1) is 14.4. The molecule has 5 nitrogen and oxygen atoms in total. The Hall–Kier alpha value is -2.53. The molecule has 2 N–H and O–H groups in total. The maximum Gasteiger partial charge on any atom is 0.177 e. The van der Waals surface area contributed by atoms with Gasteiger partial charge in [0.25, 0.3) is 0 Å². The molecule has 1 aromatic rings. The number of ketones is 1. The van der Waals surface area contributed by atoms with E-state index in [-0.39, 0.29) is 18.1 Å². The van der Waals surface area contributed by atoms with Crippen molar-refractivity contribution >= 4 is 11.4 Å². The zero-order valence-electron chi connectivity index (χ0n) is 12.0. The van der Waals surface area contributed by atoms with Crippen LogP contribution < -0.4 is 4.74 Å². The van der Waals surface area contributed by atoms with Gasteiger partial charge in [-0.15, -0.1) is 0 Å². The molecule has 114 valence electrons. The number of methoxy groups -OCH3 is 1. The van der Waals surface area contributed by atoms with Crippen LogP contribution in [0.4, 0.5) is 0 Å². The van der Waals surface area contributed by atoms with Gasteiger partial charge >= 0.3 is 0 Å². The summed E-state index contributed by atoms with van der Waals surface area (Å²) in [5, 5.41) is 19.0. The van der Waals surface area contributed by atoms with E-state index in [0.717, 1.165) is 5.56 Å². The molecule has 1 heterocycles. The Kier molecular flexibility index (Phi) is 3.73. The number of rotatable bonds is 3. The van der Waals surface area contributed by atoms with Gasteiger partial charge < -0.3 is 19.7 Å². The van der Waals surface area contributed by atoms with Crippen molar-refractivity contribution in [2.75, 3.05) is 13.7 Å². The van der Waals surface area contributed by atoms with E-state index in [0.29, 0.717) is 16.9 Å². The fourth-order valence-corrected chi connectivity index (χ4v) is 2.61. The summed E-state index contributed by atoms with van der Waals surface area (Å²) in [6, 6.07) is 7.13. The van der Waals surface area contributed by atoms with Gasteiger partial charge in [-0.25, -0.2) is 0 Å². The molecule has 0 amide bonds. The molecule has 3 rings (SSSR count). The van der Waals surface area contributed by atoms with Gasteiger partial charge in [-0.1, -0.05) is 18.2 Å². The van der Waals surface area contributed by atoms with Crippen LogP contribution in [0.15, 0.2) is 54.0 Å². The minimum absolute atomic E-state index is 0.0437. The summed E-state index contributed by atoms with van der Waals surface area (Å²) in [5.74, 6) is 0.0218. The smallest absolute Gasteiger partial charge is 0.177 e. The van der Waals surface area contributed by atoms with Crippen LogP contribution in [0.2, 0.25) is 0 Å². The molecule has 0 radical (unpaired) electrons. The molecule has 0 aromatic heterocycles. The highest BCUT2D eigenvalue weighted by Crippen LogP contribution is 2.34. The third kappa shape index (κ3) is 2.40. The highest BCUT2D eigenvalue weighted by molar-refractivity contribution is 6.23. The lowest BCUT2D eigenvalue weighted by molar-refractivity contribution is -0.119. The number of carbonyl (C=O) groups excluding carboxylic acids is 1. The monoisotopic (exact) mass is 300 g/mol. The molecule has 5 heteroatoms. The fourth-order valence-electron chi connectivity index (χ4n) is 2.61. The van der Waals surface area contributed by atoms with Crippen molar-refractivity contribution in [3.05, 3.63) is 59.6 Å². The van der Waals surface area contributed by atoms with Crippen molar-refractivity contribution in [2.45, 2.75) is 6.10 Å². The van der Waals surface area contributed by atoms with Crippen LogP contribution in [-0.2, 0) is 9.53 Å². The predicted molar refractivity (Wildman–Crippen MR) is 80.2 cm³/mol. The van der Waals surface area contributed by atoms with Gasteiger partial charge in [-0.2, -0.15) is 0 Å². The van der Waals surface area contributed by atoms with Crippen molar-refractivity contribution in [3.8, 4) is 5.75 Å². The molecule has 1 aromatic carbocycles. The molecule has 0 saturated carbocycles. The Balaban J connectivity index is 1.92. The van der Waals surface area contributed by atoms with E-state index >= 15 is 0 Å². The van der Waals surface area contributed by atoms with Crippen LogP contribution in [0.3, 0.4) is 0 Å². The van der Waals surface area contributed by atoms with Crippen LogP contribution in [-0.4, -0.2) is 35.8 Å². The number of carbonyl (C=O) groups is 1. The Morgan fingerprint density at radius 3 is 2.59 bits per heavy atom. The maximum atomic E-state index is 12.7. The Morgan fingerprint density at radius 2 is 1.95 bits per heavy atom. The molecular weight excluding hydrogens is 284 g/mol. The first-order valence-corrected chi connectivity index (χ1v) is 6.91. The summed E-state index contributed by atoms with van der Waals surface area (Å²) < 4.78 is 10.7. The summed E-state index contributed by atoms with van der Waals surface area (Å²) in [4.78, 5) is 12.7. The first-order valence-electron chi connectivity index (χ1n) is 6.91. The maximum absolute atomic E-state index is 12.7. The number of hydrogen-bond donors (Lipinski definition) is 2. The molecule has 0 saturated heterocycles. The zero-order chi connectivity index (χ0) is 15.7. The highest BCUT2D eigenvalue weighted by Gasteiger charge is 2.36. The van der Waals surface area contributed by atoms with Gasteiger partial charge in [0.2, 0.25) is 0 Å². The van der Waals surface area contributed by atoms with Crippen LogP contribution in [0.5, 0.6) is 5.75 Å². The van der Waals surface area contributed by atoms with E-state index in [1.807, 2.05) is 0 Å². The van der Waals surface area contributed by atoms with Crippen molar-refractivity contribution < 1.29 is 24.5 Å². The van der Waals surface area contributed by atoms with Crippen molar-refractivity contribution in [1.29, 1.82) is 0 Å². The van der Waals surface area contributed by atoms with Crippen molar-refractivity contribution in [3.63, 3.8) is 0 Å². The van der Waals surface area contributed by atoms with Crippen molar-refractivity contribution in [1.82, 2.24) is 0 Å². The number of allylic oxidation sites excluding steroid dienone is 1. The lowest BCUT2D eigenvalue weighted by atomic mass is 9.83. The predicted octanol–water partition coefficient (Wildman–Crippen LogP) is 1.99. The van der Waals surface area contributed by atoms with Gasteiger partial charge in [0, 0.05) is 5.57 Å². The molecule has 1 aliphatic carbocycles. The summed E-state index contributed by atoms with van der Waals surface area (Å²) in [5.41, 5.74) is 1.54. The number of aliphatic hydroxyl groups excluding tert-OH is 2. The van der Waals surface area contributed by atoms with Gasteiger partial charge in [-0.3, -0.25) is 4.79 Å². The van der Waals surface area contributed by atoms with Crippen molar-refractivity contribution in [2.24, 2.45) is 5.92 Å². The fraction of sp³-hybridized carbons (Fsp3) is 0.235. The van der Waals surface area contributed by atoms with E-state index in [1.54, 1.807) is 37.5 Å². The molecule has 2 atom stereocenters. The number of aliphatic hydroxyl groups is 2. The van der Waals surface area contributed by atoms with Gasteiger partial charge in [0.05, 0.1) is 31.5 Å². The van der Waals surface area contributed by atoms with Crippen LogP contribution in [0.25, 0.3) is 5.57 Å². The van der Waals surface area contributed by atoms with Crippen LogP contribution in [0, 0.1) is 5.92 Å². The van der Waals surface area contributed by atoms with Crippen LogP contribution in [0.1, 0.15) is 5.56 Å². The summed E-state index contributed by atoms with van der Waals surface area (Å²) in [6.07, 6.45) is 3.91. The average molecular weight is 300 g/mol. The topological polar surface area (TPSA) is 76.0 Å². The number of hydrogen-bond acceptors (Lipinski definition) is 5. The molecule has 1 aliphatic heterocycles. The number of ether oxygens (including phenoxy) is 2. The molecule has 0 fully saturated rings. The number of fused-ring (bicyclic) bond motifs is 1. The third-order valence-electron chi connectivity index (χ3n) is 3.87. The van der Waals surface area contributed by atoms with E-state index in [2.05, 4.69) is 0 Å². The summed E-state index contributed by atoms with van der Waals surface area (Å²) in [7, 11) is 1.58. The van der Waals surface area contributed by atoms with E-state index < -0.39 is 12.0 Å². The second kappa shape index (κ2) is 5.69. The summed E-state index contributed by atoms with van der Waals surface area (Å²) >= 11 is 0. The normalized spacial score (nSPS) is 23.7. The second-order valence-corrected chi connectivity index (χ2v) is 5.15. The van der Waals surface area contributed by atoms with Gasteiger partial charge in [0.15, 0.2) is 5.78 Å². The zero-order valence-corrected chi connectivity index (χ0v) is 12.0. The highest BCUT2D eigenvalue weighted by atomic mass is 16.5. The molecule has 0 bridgehead atoms. The average Bonchev–Trinajstić information content (AvgIpc) is 2.55. The number of Topliss-reactive ketones (excluding diaryl/α,β-unsaturated/α-hetero) is 1. The van der Waals surface area contributed by atoms with Gasteiger partial charge in [0.1, 0.15) is 17.6 Å². The Labute approximate surface area is 127 Å². The Bertz CT molecular complexity index is 682. The molecule has 0 spiro atoms. The molecule has 22 heavy (non-hydrogen) atoms. The molecule has 2 aliphatic rings. The standard InChI is InChI=1S/C17H16O5/c1-21-12-4-2-10(3-5-12)14-9-22-16-7-15(19)11(8-18)6-13(16)17(14)20/h2-7,9,13,16,18-19H,8H2,1H3. The minimum atomic E-state index is -0.542. The van der Waals surface area contributed by atoms with E-state index in [4.69, 9.17) is 9.47 Å². The third-order valence-corrected chi connectivity index (χ3v) is 3.87. The number of benzene rings is 1. The van der Waals surface area contributed by atoms with Crippen LogP contribution >= 0.6 is 0 Å².